The summed E-state index contributed by atoms with van der Waals surface area (Å²) >= 11 is 0. The molecule has 0 aliphatic carbocycles. The quantitative estimate of drug-likeness (QED) is 0.154. The first-order valence-corrected chi connectivity index (χ1v) is 27.2. The van der Waals surface area contributed by atoms with E-state index in [0.29, 0.717) is 0 Å². The maximum absolute atomic E-state index is 2.27. The van der Waals surface area contributed by atoms with Crippen molar-refractivity contribution < 1.29 is 77.2 Å². The van der Waals surface area contributed by atoms with Gasteiger partial charge in [-0.3, -0.25) is 0 Å². The van der Waals surface area contributed by atoms with Gasteiger partial charge in [-0.1, -0.05) is 275 Å². The van der Waals surface area contributed by atoms with Crippen LogP contribution < -0.4 is 24.8 Å². The van der Waals surface area contributed by atoms with E-state index < -0.39 is 0 Å². The average Bonchev–Trinajstić information content (AvgIpc) is 4.23. The molecule has 0 saturated heterocycles. The maximum Gasteiger partial charge on any atom is 2.00 e. The van der Waals surface area contributed by atoms with E-state index in [1.54, 1.807) is 0 Å². The number of benzene rings is 8. The van der Waals surface area contributed by atoms with Crippen molar-refractivity contribution in [2.24, 2.45) is 0 Å². The molecule has 0 bridgehead atoms. The first kappa shape index (κ1) is 65.4. The van der Waals surface area contributed by atoms with Gasteiger partial charge in [0.2, 0.25) is 0 Å². The van der Waals surface area contributed by atoms with E-state index in [0.717, 1.165) is 0 Å². The van der Waals surface area contributed by atoms with E-state index >= 15 is 0 Å². The van der Waals surface area contributed by atoms with Gasteiger partial charge in [-0.25, -0.2) is 0 Å². The molecule has 0 N–H and O–H groups in total. The molecule has 0 fully saturated rings. The maximum atomic E-state index is 2.27. The predicted molar refractivity (Wildman–Crippen MR) is 335 cm³/mol. The summed E-state index contributed by atoms with van der Waals surface area (Å²) in [6, 6.07) is 88.0. The molecule has 12 aromatic rings. The molecular weight excluding hydrogens is 1170 g/mol. The monoisotopic (exact) mass is 1240 g/mol. The van der Waals surface area contributed by atoms with Crippen molar-refractivity contribution in [3.05, 3.63) is 265 Å². The Labute approximate surface area is 529 Å². The zero-order valence-corrected chi connectivity index (χ0v) is 55.3. The van der Waals surface area contributed by atoms with E-state index in [1.807, 2.05) is 0 Å². The van der Waals surface area contributed by atoms with Crippen molar-refractivity contribution in [2.45, 2.75) is 105 Å². The molecular formula is C76H76Cl2Zr2-2. The summed E-state index contributed by atoms with van der Waals surface area (Å²) in [5.41, 5.74) is 16.8. The summed E-state index contributed by atoms with van der Waals surface area (Å²) in [6.07, 6.45) is 0. The molecule has 0 atom stereocenters. The second-order valence-electron chi connectivity index (χ2n) is 24.8. The van der Waals surface area contributed by atoms with Gasteiger partial charge >= 0.3 is 52.4 Å². The van der Waals surface area contributed by atoms with Crippen LogP contribution in [0.15, 0.2) is 243 Å². The number of halogens is 2. The van der Waals surface area contributed by atoms with E-state index in [-0.39, 0.29) is 98.9 Å². The molecule has 0 radical (unpaired) electrons. The summed E-state index contributed by atoms with van der Waals surface area (Å²) in [6.45, 7) is 27.0. The van der Waals surface area contributed by atoms with Crippen LogP contribution in [0.3, 0.4) is 0 Å². The Morgan fingerprint density at radius 2 is 0.388 bits per heavy atom. The van der Waals surface area contributed by atoms with Crippen LogP contribution in [-0.4, -0.2) is 0 Å². The molecule has 0 aliphatic rings. The predicted octanol–water partition coefficient (Wildman–Crippen LogP) is 16.1. The Morgan fingerprint density at radius 3 is 0.537 bits per heavy atom. The van der Waals surface area contributed by atoms with Crippen LogP contribution in [-0.2, 0) is 74.1 Å². The van der Waals surface area contributed by atoms with Gasteiger partial charge < -0.3 is 24.8 Å². The minimum atomic E-state index is 0. The minimum absolute atomic E-state index is 0. The van der Waals surface area contributed by atoms with Crippen LogP contribution in [0.4, 0.5) is 0 Å². The molecule has 0 nitrogen and oxygen atoms in total. The summed E-state index contributed by atoms with van der Waals surface area (Å²) in [5.74, 6) is 0. The van der Waals surface area contributed by atoms with Crippen LogP contribution >= 0.6 is 0 Å². The Bertz CT molecular complexity index is 3170. The van der Waals surface area contributed by atoms with Gasteiger partial charge in [0.05, 0.1) is 0 Å². The van der Waals surface area contributed by atoms with Crippen molar-refractivity contribution in [3.8, 4) is 44.5 Å². The smallest absolute Gasteiger partial charge is 1.00 e. The number of fused-ring (bicyclic) bond motifs is 4. The molecule has 0 spiro atoms. The van der Waals surface area contributed by atoms with Gasteiger partial charge in [0.15, 0.2) is 0 Å². The third-order valence-corrected chi connectivity index (χ3v) is 14.8. The summed E-state index contributed by atoms with van der Waals surface area (Å²) in [4.78, 5) is 0. The first-order valence-electron chi connectivity index (χ1n) is 27.2. The van der Waals surface area contributed by atoms with Crippen LogP contribution in [0.1, 0.15) is 105 Å². The normalized spacial score (nSPS) is 11.3. The molecule has 12 aromatic carbocycles. The molecule has 0 aromatic heterocycles. The minimum Gasteiger partial charge on any atom is -1.00 e. The molecule has 0 aliphatic heterocycles. The van der Waals surface area contributed by atoms with E-state index in [9.17, 15) is 0 Å². The Kier molecular flexibility index (Phi) is 22.5. The van der Waals surface area contributed by atoms with Crippen molar-refractivity contribution in [1.29, 1.82) is 0 Å². The average molecular weight is 1240 g/mol. The molecule has 0 heterocycles. The molecule has 4 heteroatoms. The Morgan fingerprint density at radius 1 is 0.225 bits per heavy atom. The van der Waals surface area contributed by atoms with Gasteiger partial charge in [-0.15, -0.1) is 138 Å². The molecule has 0 unspecified atom stereocenters. The largest absolute Gasteiger partial charge is 2.00 e. The second-order valence-corrected chi connectivity index (χ2v) is 24.8. The fourth-order valence-corrected chi connectivity index (χ4v) is 9.92. The fraction of sp³-hybridized carbons (Fsp3) is 0.211. The zero-order chi connectivity index (χ0) is 53.8. The van der Waals surface area contributed by atoms with Crippen LogP contribution in [0.2, 0.25) is 0 Å². The van der Waals surface area contributed by atoms with Crippen molar-refractivity contribution in [1.82, 2.24) is 0 Å². The fourth-order valence-electron chi connectivity index (χ4n) is 9.92. The number of rotatable bonds is 4. The Balaban J connectivity index is 0.000000193. The summed E-state index contributed by atoms with van der Waals surface area (Å²) < 4.78 is 0. The van der Waals surface area contributed by atoms with Crippen molar-refractivity contribution >= 4 is 43.1 Å². The van der Waals surface area contributed by atoms with E-state index in [1.165, 1.54) is 110 Å². The topological polar surface area (TPSA) is 0 Å². The van der Waals surface area contributed by atoms with Crippen LogP contribution in [0.5, 0.6) is 0 Å². The molecule has 80 heavy (non-hydrogen) atoms. The number of hydrogen-bond donors (Lipinski definition) is 0. The summed E-state index contributed by atoms with van der Waals surface area (Å²) in [7, 11) is 0. The Hall–Kier alpha value is -5.45. The number of hydrogen-bond acceptors (Lipinski definition) is 0. The zero-order valence-electron chi connectivity index (χ0n) is 48.8. The molecule has 0 amide bonds. The van der Waals surface area contributed by atoms with Crippen molar-refractivity contribution in [2.75, 3.05) is 0 Å². The van der Waals surface area contributed by atoms with Gasteiger partial charge in [-0.05, 0) is 43.9 Å². The van der Waals surface area contributed by atoms with Gasteiger partial charge in [0.1, 0.15) is 0 Å². The second kappa shape index (κ2) is 27.5. The van der Waals surface area contributed by atoms with E-state index in [4.69, 9.17) is 0 Å². The van der Waals surface area contributed by atoms with Crippen LogP contribution in [0.25, 0.3) is 87.6 Å². The van der Waals surface area contributed by atoms with Crippen molar-refractivity contribution in [3.63, 3.8) is 0 Å². The molecule has 12 rings (SSSR count). The first-order chi connectivity index (χ1) is 36.2. The SMILES string of the molecule is CC(C)(C)c1ccc(-c2cc3ccccc3[cH-]2)cc1.CC(C)(C)c1ccc(-c2cc3ccccc3[cH-]2)cc1.CC(C)(C)c1ccc(-c2cc3ccccc3[cH-]2)cc1.CC(C)(C)c1ccc(-c2cc3ccccc3[cH-]2)cc1.[Cl-].[Cl-].[Zr+2].[Zr+2]. The third-order valence-electron chi connectivity index (χ3n) is 14.8. The molecule has 404 valence electrons. The van der Waals surface area contributed by atoms with E-state index in [2.05, 4.69) is 326 Å². The molecule has 0 saturated carbocycles. The standard InChI is InChI=1S/4C19H19.2ClH.2Zr/c4*1-19(2,3)18-10-8-14(9-11-18)17-12-15-6-4-5-7-16(15)13-17;;;;/h4*4-13H,1-3H3;2*1H;;/q4*-1;;;2*+2/p-2. The third kappa shape index (κ3) is 16.4. The van der Waals surface area contributed by atoms with Gasteiger partial charge in [0, 0.05) is 0 Å². The van der Waals surface area contributed by atoms with Gasteiger partial charge in [0.25, 0.3) is 0 Å². The summed E-state index contributed by atoms with van der Waals surface area (Å²) in [5, 5.41) is 10.5. The van der Waals surface area contributed by atoms with Gasteiger partial charge in [-0.2, -0.15) is 0 Å². The van der Waals surface area contributed by atoms with Crippen LogP contribution in [0, 0.1) is 0 Å².